The largest absolute Gasteiger partial charge is 0.573 e. The van der Waals surface area contributed by atoms with Crippen LogP contribution in [0.4, 0.5) is 29.3 Å². The van der Waals surface area contributed by atoms with Crippen LogP contribution in [0.15, 0.2) is 42.5 Å². The van der Waals surface area contributed by atoms with Gasteiger partial charge in [-0.15, -0.1) is 13.2 Å². The van der Waals surface area contributed by atoms with Crippen LogP contribution in [0.25, 0.3) is 0 Å². The van der Waals surface area contributed by atoms with Crippen molar-refractivity contribution < 1.29 is 32.2 Å². The molecule has 0 saturated carbocycles. The zero-order valence-corrected chi connectivity index (χ0v) is 13.8. The number of carbonyl (C=O) groups excluding carboxylic acids is 1. The molecule has 0 aliphatic carbocycles. The lowest BCUT2D eigenvalue weighted by Crippen LogP contribution is -2.18. The van der Waals surface area contributed by atoms with E-state index in [0.717, 1.165) is 0 Å². The smallest absolute Gasteiger partial charge is 0.489 e. The number of halogens is 3. The number of hydrogen-bond acceptors (Lipinski definition) is 5. The molecule has 1 amide bonds. The third kappa shape index (κ3) is 5.76. The highest BCUT2D eigenvalue weighted by atomic mass is 19.4. The number of amides is 1. The van der Waals surface area contributed by atoms with Crippen molar-refractivity contribution in [3.63, 3.8) is 0 Å². The van der Waals surface area contributed by atoms with E-state index in [4.69, 9.17) is 15.2 Å². The fourth-order valence-electron chi connectivity index (χ4n) is 2.03. The first-order valence-electron chi connectivity index (χ1n) is 7.58. The minimum Gasteiger partial charge on any atom is -0.489 e. The zero-order valence-electron chi connectivity index (χ0n) is 13.8. The highest BCUT2D eigenvalue weighted by Gasteiger charge is 2.32. The highest BCUT2D eigenvalue weighted by molar-refractivity contribution is 5.89. The van der Waals surface area contributed by atoms with E-state index in [9.17, 15) is 18.0 Å². The molecule has 2 rings (SSSR count). The second kappa shape index (κ2) is 8.32. The fraction of sp³-hybridized carbons (Fsp3) is 0.235. The Hall–Kier alpha value is -3.10. The van der Waals surface area contributed by atoms with Gasteiger partial charge < -0.3 is 19.9 Å². The molecule has 9 heteroatoms. The lowest BCUT2D eigenvalue weighted by atomic mass is 10.2. The van der Waals surface area contributed by atoms with E-state index in [1.54, 1.807) is 13.0 Å². The molecular weight excluding hydrogens is 353 g/mol. The number of rotatable bonds is 6. The Bertz CT molecular complexity index is 766. The Morgan fingerprint density at radius 2 is 1.92 bits per heavy atom. The first-order chi connectivity index (χ1) is 12.3. The van der Waals surface area contributed by atoms with Crippen LogP contribution in [-0.4, -0.2) is 19.1 Å². The number of nitrogens with two attached hydrogens (primary N) is 1. The molecule has 0 saturated heterocycles. The van der Waals surface area contributed by atoms with Crippen LogP contribution in [0.3, 0.4) is 0 Å². The third-order valence-electron chi connectivity index (χ3n) is 3.13. The van der Waals surface area contributed by atoms with E-state index in [1.807, 2.05) is 0 Å². The monoisotopic (exact) mass is 370 g/mol. The number of anilines is 2. The average Bonchev–Trinajstić information content (AvgIpc) is 2.55. The summed E-state index contributed by atoms with van der Waals surface area (Å²) < 4.78 is 51.4. The Morgan fingerprint density at radius 3 is 2.58 bits per heavy atom. The predicted molar refractivity (Wildman–Crippen MR) is 89.0 cm³/mol. The average molecular weight is 370 g/mol. The van der Waals surface area contributed by atoms with Crippen molar-refractivity contribution >= 4 is 17.5 Å². The molecule has 2 aromatic carbocycles. The Kier molecular flexibility index (Phi) is 6.16. The van der Waals surface area contributed by atoms with Crippen LogP contribution in [-0.2, 0) is 11.3 Å². The maximum atomic E-state index is 12.4. The molecule has 26 heavy (non-hydrogen) atoms. The zero-order chi connectivity index (χ0) is 19.2. The van der Waals surface area contributed by atoms with Crippen LogP contribution in [0, 0.1) is 0 Å². The van der Waals surface area contributed by atoms with Crippen LogP contribution in [0.2, 0.25) is 0 Å². The highest BCUT2D eigenvalue weighted by Crippen LogP contribution is 2.29. The number of hydrogen-bond donors (Lipinski definition) is 2. The number of nitrogen functional groups attached to an aromatic ring is 1. The van der Waals surface area contributed by atoms with E-state index >= 15 is 0 Å². The lowest BCUT2D eigenvalue weighted by molar-refractivity contribution is -0.275. The lowest BCUT2D eigenvalue weighted by Gasteiger charge is -2.14. The molecule has 6 nitrogen and oxygen atoms in total. The summed E-state index contributed by atoms with van der Waals surface area (Å²) in [4.78, 5) is 11.4. The van der Waals surface area contributed by atoms with Crippen molar-refractivity contribution in [2.75, 3.05) is 17.7 Å². The molecule has 0 spiro atoms. The minimum atomic E-state index is -4.79. The molecule has 3 N–H and O–H groups in total. The van der Waals surface area contributed by atoms with Gasteiger partial charge in [-0.2, -0.15) is 0 Å². The molecule has 0 fully saturated rings. The van der Waals surface area contributed by atoms with E-state index in [0.29, 0.717) is 11.4 Å². The number of para-hydroxylation sites is 1. The maximum absolute atomic E-state index is 12.4. The Labute approximate surface area is 147 Å². The summed E-state index contributed by atoms with van der Waals surface area (Å²) in [6.07, 6.45) is -5.44. The van der Waals surface area contributed by atoms with Crippen LogP contribution in [0.5, 0.6) is 11.5 Å². The number of ether oxygens (including phenoxy) is 3. The Morgan fingerprint density at radius 1 is 1.19 bits per heavy atom. The van der Waals surface area contributed by atoms with Crippen molar-refractivity contribution in [3.05, 3.63) is 48.0 Å². The van der Waals surface area contributed by atoms with Crippen LogP contribution < -0.4 is 20.5 Å². The molecule has 0 aliphatic rings. The molecule has 0 heterocycles. The van der Waals surface area contributed by atoms with E-state index in [1.165, 1.54) is 36.4 Å². The molecule has 2 aromatic rings. The summed E-state index contributed by atoms with van der Waals surface area (Å²) in [6, 6.07) is 10.1. The second-order valence-corrected chi connectivity index (χ2v) is 5.04. The summed E-state index contributed by atoms with van der Waals surface area (Å²) in [7, 11) is 0. The van der Waals surface area contributed by atoms with Gasteiger partial charge in [0.15, 0.2) is 0 Å². The summed E-state index contributed by atoms with van der Waals surface area (Å²) >= 11 is 0. The maximum Gasteiger partial charge on any atom is 0.573 e. The van der Waals surface area contributed by atoms with Gasteiger partial charge >= 0.3 is 12.5 Å². The topological polar surface area (TPSA) is 82.8 Å². The van der Waals surface area contributed by atoms with Crippen LogP contribution >= 0.6 is 0 Å². The van der Waals surface area contributed by atoms with Crippen molar-refractivity contribution in [3.8, 4) is 11.5 Å². The number of carbonyl (C=O) groups is 1. The van der Waals surface area contributed by atoms with Gasteiger partial charge in [0.1, 0.15) is 18.1 Å². The molecule has 0 atom stereocenters. The number of nitrogens with one attached hydrogen (secondary N) is 1. The molecule has 140 valence electrons. The standard InChI is InChI=1S/C17H17F3N2O4/c1-2-24-16(23)22-14-8-7-12(9-13(14)21)25-10-11-5-3-4-6-15(11)26-17(18,19)20/h3-9H,2,10,21H2,1H3,(H,22,23). The van der Waals surface area contributed by atoms with Gasteiger partial charge in [0.2, 0.25) is 0 Å². The normalized spacial score (nSPS) is 10.9. The molecule has 0 bridgehead atoms. The van der Waals surface area contributed by atoms with Crippen LogP contribution in [0.1, 0.15) is 12.5 Å². The van der Waals surface area contributed by atoms with Crippen molar-refractivity contribution in [2.45, 2.75) is 19.9 Å². The van der Waals surface area contributed by atoms with Crippen molar-refractivity contribution in [2.24, 2.45) is 0 Å². The third-order valence-corrected chi connectivity index (χ3v) is 3.13. The van der Waals surface area contributed by atoms with Gasteiger partial charge in [0, 0.05) is 11.6 Å². The van der Waals surface area contributed by atoms with Gasteiger partial charge in [-0.1, -0.05) is 18.2 Å². The molecular formula is C17H17F3N2O4. The first-order valence-corrected chi connectivity index (χ1v) is 7.58. The second-order valence-electron chi connectivity index (χ2n) is 5.04. The Balaban J connectivity index is 2.04. The quantitative estimate of drug-likeness (QED) is 0.740. The van der Waals surface area contributed by atoms with Crippen molar-refractivity contribution in [1.82, 2.24) is 0 Å². The minimum absolute atomic E-state index is 0.156. The van der Waals surface area contributed by atoms with Gasteiger partial charge in [0.05, 0.1) is 18.0 Å². The summed E-state index contributed by atoms with van der Waals surface area (Å²) in [5.74, 6) is -0.0210. The van der Waals surface area contributed by atoms with Gasteiger partial charge in [-0.05, 0) is 25.1 Å². The van der Waals surface area contributed by atoms with Gasteiger partial charge in [-0.25, -0.2) is 4.79 Å². The first kappa shape index (κ1) is 19.2. The molecule has 0 aliphatic heterocycles. The summed E-state index contributed by atoms with van der Waals surface area (Å²) in [5.41, 5.74) is 6.59. The summed E-state index contributed by atoms with van der Waals surface area (Å²) in [6.45, 7) is 1.73. The van der Waals surface area contributed by atoms with E-state index in [2.05, 4.69) is 10.1 Å². The number of alkyl halides is 3. The van der Waals surface area contributed by atoms with Gasteiger partial charge in [-0.3, -0.25) is 5.32 Å². The molecule has 0 radical (unpaired) electrons. The van der Waals surface area contributed by atoms with E-state index in [-0.39, 0.29) is 30.2 Å². The SMILES string of the molecule is CCOC(=O)Nc1ccc(OCc2ccccc2OC(F)(F)F)cc1N. The summed E-state index contributed by atoms with van der Waals surface area (Å²) in [5, 5.41) is 2.46. The predicted octanol–water partition coefficient (Wildman–Crippen LogP) is 4.31. The van der Waals surface area contributed by atoms with Crippen molar-refractivity contribution in [1.29, 1.82) is 0 Å². The fourth-order valence-corrected chi connectivity index (χ4v) is 2.03. The molecule has 0 aromatic heterocycles. The van der Waals surface area contributed by atoms with E-state index < -0.39 is 12.5 Å². The molecule has 0 unspecified atom stereocenters. The van der Waals surface area contributed by atoms with Gasteiger partial charge in [0.25, 0.3) is 0 Å². The number of benzene rings is 2.